The lowest BCUT2D eigenvalue weighted by molar-refractivity contribution is 0.0946. The van der Waals surface area contributed by atoms with Crippen LogP contribution in [0.4, 0.5) is 0 Å². The predicted octanol–water partition coefficient (Wildman–Crippen LogP) is 2.88. The number of hydrogen-bond donors (Lipinski definition) is 1. The van der Waals surface area contributed by atoms with Gasteiger partial charge in [-0.2, -0.15) is 0 Å². The maximum Gasteiger partial charge on any atom is 0.271 e. The average Bonchev–Trinajstić information content (AvgIpc) is 2.73. The normalized spacial score (nSPS) is 10.2. The summed E-state index contributed by atoms with van der Waals surface area (Å²) in [4.78, 5) is 20.4. The Labute approximate surface area is 115 Å². The fourth-order valence-electron chi connectivity index (χ4n) is 1.13. The van der Waals surface area contributed by atoms with Crippen LogP contribution >= 0.6 is 38.9 Å². The van der Waals surface area contributed by atoms with Crippen molar-refractivity contribution in [1.29, 1.82) is 0 Å². The first-order valence-corrected chi connectivity index (χ1v) is 6.69. The molecule has 0 radical (unpaired) electrons. The smallest absolute Gasteiger partial charge is 0.271 e. The highest BCUT2D eigenvalue weighted by Crippen LogP contribution is 2.22. The summed E-state index contributed by atoms with van der Waals surface area (Å²) >= 11 is 10.6. The number of carbonyl (C=O) groups excluding carboxylic acids is 1. The molecule has 0 fully saturated rings. The van der Waals surface area contributed by atoms with Crippen molar-refractivity contribution in [3.8, 4) is 0 Å². The molecule has 4 nitrogen and oxygen atoms in total. The van der Waals surface area contributed by atoms with E-state index < -0.39 is 0 Å². The van der Waals surface area contributed by atoms with Crippen LogP contribution in [0.1, 0.15) is 15.4 Å². The molecule has 2 heterocycles. The van der Waals surface area contributed by atoms with Gasteiger partial charge in [-0.05, 0) is 27.4 Å². The Bertz CT molecular complexity index is 529. The van der Waals surface area contributed by atoms with Crippen molar-refractivity contribution in [1.82, 2.24) is 15.3 Å². The van der Waals surface area contributed by atoms with Crippen LogP contribution in [0, 0.1) is 0 Å². The molecule has 0 unspecified atom stereocenters. The molecule has 88 valence electrons. The van der Waals surface area contributed by atoms with Crippen molar-refractivity contribution in [3.05, 3.63) is 44.0 Å². The largest absolute Gasteiger partial charge is 0.346 e. The van der Waals surface area contributed by atoms with E-state index in [0.717, 1.165) is 9.35 Å². The molecular weight excluding hydrogens is 326 g/mol. The standard InChI is InChI=1S/C10H7BrClN3OS/c11-6-1-2-17-8(6)4-15-10(16)7-3-14-9(12)5-13-7/h1-3,5H,4H2,(H,15,16). The molecule has 0 aromatic carbocycles. The third-order valence-electron chi connectivity index (χ3n) is 1.95. The maximum absolute atomic E-state index is 11.7. The lowest BCUT2D eigenvalue weighted by Crippen LogP contribution is -2.23. The molecule has 17 heavy (non-hydrogen) atoms. The summed E-state index contributed by atoms with van der Waals surface area (Å²) in [5.41, 5.74) is 0.252. The maximum atomic E-state index is 11.7. The lowest BCUT2D eigenvalue weighted by Gasteiger charge is -2.03. The summed E-state index contributed by atoms with van der Waals surface area (Å²) < 4.78 is 0.991. The summed E-state index contributed by atoms with van der Waals surface area (Å²) in [6.07, 6.45) is 2.69. The van der Waals surface area contributed by atoms with Gasteiger partial charge in [0.25, 0.3) is 5.91 Å². The van der Waals surface area contributed by atoms with E-state index in [4.69, 9.17) is 11.6 Å². The third-order valence-corrected chi connectivity index (χ3v) is 4.08. The zero-order valence-corrected chi connectivity index (χ0v) is 11.6. The molecular formula is C10H7BrClN3OS. The van der Waals surface area contributed by atoms with Gasteiger partial charge in [-0.3, -0.25) is 4.79 Å². The average molecular weight is 333 g/mol. The summed E-state index contributed by atoms with van der Waals surface area (Å²) in [5, 5.41) is 4.98. The second-order valence-corrected chi connectivity index (χ2v) is 5.34. The number of halogens is 2. The Kier molecular flexibility index (Phi) is 4.09. The number of nitrogens with one attached hydrogen (secondary N) is 1. The van der Waals surface area contributed by atoms with Gasteiger partial charge in [0.15, 0.2) is 0 Å². The van der Waals surface area contributed by atoms with Crippen molar-refractivity contribution in [2.24, 2.45) is 0 Å². The minimum Gasteiger partial charge on any atom is -0.346 e. The second-order valence-electron chi connectivity index (χ2n) is 3.10. The molecule has 2 aromatic heterocycles. The Morgan fingerprint density at radius 3 is 2.88 bits per heavy atom. The molecule has 0 saturated heterocycles. The van der Waals surface area contributed by atoms with E-state index in [2.05, 4.69) is 31.2 Å². The summed E-state index contributed by atoms with van der Waals surface area (Å²) in [7, 11) is 0. The van der Waals surface area contributed by atoms with Crippen LogP contribution in [0.15, 0.2) is 28.3 Å². The van der Waals surface area contributed by atoms with Crippen LogP contribution in [0.25, 0.3) is 0 Å². The van der Waals surface area contributed by atoms with E-state index in [0.29, 0.717) is 6.54 Å². The third kappa shape index (κ3) is 3.24. The van der Waals surface area contributed by atoms with E-state index >= 15 is 0 Å². The van der Waals surface area contributed by atoms with Crippen molar-refractivity contribution in [2.75, 3.05) is 0 Å². The fourth-order valence-corrected chi connectivity index (χ4v) is 2.66. The summed E-state index contributed by atoms with van der Waals surface area (Å²) in [5.74, 6) is -0.269. The second kappa shape index (κ2) is 5.57. The fraction of sp³-hybridized carbons (Fsp3) is 0.100. The first-order chi connectivity index (χ1) is 8.16. The van der Waals surface area contributed by atoms with Gasteiger partial charge in [-0.15, -0.1) is 11.3 Å². The first kappa shape index (κ1) is 12.5. The lowest BCUT2D eigenvalue weighted by atomic mass is 10.4. The molecule has 0 atom stereocenters. The van der Waals surface area contributed by atoms with Gasteiger partial charge >= 0.3 is 0 Å². The number of aromatic nitrogens is 2. The van der Waals surface area contributed by atoms with Gasteiger partial charge < -0.3 is 5.32 Å². The first-order valence-electron chi connectivity index (χ1n) is 4.64. The van der Waals surface area contributed by atoms with Crippen LogP contribution in [-0.2, 0) is 6.54 Å². The topological polar surface area (TPSA) is 54.9 Å². The van der Waals surface area contributed by atoms with Crippen LogP contribution in [0.5, 0.6) is 0 Å². The monoisotopic (exact) mass is 331 g/mol. The predicted molar refractivity (Wildman–Crippen MR) is 70.2 cm³/mol. The van der Waals surface area contributed by atoms with Crippen LogP contribution < -0.4 is 5.32 Å². The zero-order valence-electron chi connectivity index (χ0n) is 8.48. The van der Waals surface area contributed by atoms with Gasteiger partial charge in [0, 0.05) is 9.35 Å². The Hall–Kier alpha value is -0.980. The van der Waals surface area contributed by atoms with Crippen LogP contribution in [0.3, 0.4) is 0 Å². The van der Waals surface area contributed by atoms with E-state index in [1.807, 2.05) is 11.4 Å². The SMILES string of the molecule is O=C(NCc1sccc1Br)c1cnc(Cl)cn1. The molecule has 0 bridgehead atoms. The highest BCUT2D eigenvalue weighted by molar-refractivity contribution is 9.10. The highest BCUT2D eigenvalue weighted by Gasteiger charge is 2.08. The number of thiophene rings is 1. The van der Waals surface area contributed by atoms with Gasteiger partial charge in [0.05, 0.1) is 18.9 Å². The molecule has 2 aromatic rings. The molecule has 0 aliphatic rings. The Morgan fingerprint density at radius 2 is 2.29 bits per heavy atom. The van der Waals surface area contributed by atoms with E-state index in [9.17, 15) is 4.79 Å². The zero-order chi connectivity index (χ0) is 12.3. The highest BCUT2D eigenvalue weighted by atomic mass is 79.9. The minimum atomic E-state index is -0.269. The van der Waals surface area contributed by atoms with Crippen molar-refractivity contribution in [3.63, 3.8) is 0 Å². The van der Waals surface area contributed by atoms with Crippen LogP contribution in [-0.4, -0.2) is 15.9 Å². The Morgan fingerprint density at radius 1 is 1.47 bits per heavy atom. The van der Waals surface area contributed by atoms with E-state index in [1.165, 1.54) is 12.4 Å². The van der Waals surface area contributed by atoms with Gasteiger partial charge in [0.1, 0.15) is 10.8 Å². The molecule has 0 aliphatic carbocycles. The minimum absolute atomic E-state index is 0.252. The van der Waals surface area contributed by atoms with E-state index in [1.54, 1.807) is 11.3 Å². The van der Waals surface area contributed by atoms with Gasteiger partial charge in [0.2, 0.25) is 0 Å². The molecule has 0 saturated carbocycles. The van der Waals surface area contributed by atoms with Crippen LogP contribution in [0.2, 0.25) is 5.15 Å². The summed E-state index contributed by atoms with van der Waals surface area (Å²) in [6.45, 7) is 0.460. The van der Waals surface area contributed by atoms with Gasteiger partial charge in [-0.25, -0.2) is 9.97 Å². The quantitative estimate of drug-likeness (QED) is 0.940. The van der Waals surface area contributed by atoms with Crippen molar-refractivity contribution in [2.45, 2.75) is 6.54 Å². The molecule has 1 amide bonds. The Balaban J connectivity index is 1.98. The molecule has 1 N–H and O–H groups in total. The number of amides is 1. The van der Waals surface area contributed by atoms with Gasteiger partial charge in [-0.1, -0.05) is 11.6 Å². The number of nitrogens with zero attached hydrogens (tertiary/aromatic N) is 2. The van der Waals surface area contributed by atoms with E-state index in [-0.39, 0.29) is 16.8 Å². The summed E-state index contributed by atoms with van der Waals surface area (Å²) in [6, 6.07) is 1.94. The number of hydrogen-bond acceptors (Lipinski definition) is 4. The molecule has 0 aliphatic heterocycles. The van der Waals surface area contributed by atoms with Crippen molar-refractivity contribution < 1.29 is 4.79 Å². The molecule has 0 spiro atoms. The van der Waals surface area contributed by atoms with Crippen molar-refractivity contribution >= 4 is 44.8 Å². The molecule has 7 heteroatoms. The number of rotatable bonds is 3. The number of carbonyl (C=O) groups is 1. The molecule has 2 rings (SSSR count).